The van der Waals surface area contributed by atoms with Gasteiger partial charge in [-0.2, -0.15) is 0 Å². The molecule has 0 radical (unpaired) electrons. The second kappa shape index (κ2) is 56.7. The normalized spacial score (nSPS) is 14.1. The number of nitrogens with zero attached hydrogens (tertiary/aromatic N) is 1. The van der Waals surface area contributed by atoms with Crippen molar-refractivity contribution in [1.82, 2.24) is 5.32 Å². The molecule has 10 heteroatoms. The number of likely N-dealkylation sites (N-methyl/N-ethyl adjacent to an activating group) is 1. The van der Waals surface area contributed by atoms with E-state index in [1.807, 2.05) is 33.3 Å². The molecule has 448 valence electrons. The molecule has 3 unspecified atom stereocenters. The summed E-state index contributed by atoms with van der Waals surface area (Å²) in [6, 6.07) is -0.857. The summed E-state index contributed by atoms with van der Waals surface area (Å²) in [4.78, 5) is 37.7. The Labute approximate surface area is 476 Å². The fourth-order valence-corrected chi connectivity index (χ4v) is 9.94. The zero-order valence-electron chi connectivity index (χ0n) is 51.2. The molecule has 1 amide bonds. The summed E-state index contributed by atoms with van der Waals surface area (Å²) >= 11 is 0. The lowest BCUT2D eigenvalue weighted by Crippen LogP contribution is -2.47. The van der Waals surface area contributed by atoms with Crippen LogP contribution in [0.1, 0.15) is 290 Å². The van der Waals surface area contributed by atoms with Crippen LogP contribution in [0.25, 0.3) is 0 Å². The van der Waals surface area contributed by atoms with Crippen LogP contribution in [0, 0.1) is 0 Å². The van der Waals surface area contributed by atoms with E-state index < -0.39 is 20.0 Å². The van der Waals surface area contributed by atoms with Gasteiger partial charge in [-0.15, -0.1) is 0 Å². The van der Waals surface area contributed by atoms with E-state index in [1.165, 1.54) is 148 Å². The Morgan fingerprint density at radius 1 is 0.468 bits per heavy atom. The van der Waals surface area contributed by atoms with Crippen molar-refractivity contribution in [3.05, 3.63) is 72.9 Å². The molecule has 0 saturated heterocycles. The lowest BCUT2D eigenvalue weighted by Gasteiger charge is -2.27. The molecule has 0 aromatic carbocycles. The average Bonchev–Trinajstić information content (AvgIpc) is 3.39. The molecule has 0 aromatic rings. The zero-order valence-corrected chi connectivity index (χ0v) is 52.1. The van der Waals surface area contributed by atoms with Crippen molar-refractivity contribution in [1.29, 1.82) is 0 Å². The van der Waals surface area contributed by atoms with Crippen LogP contribution in [0.2, 0.25) is 0 Å². The van der Waals surface area contributed by atoms with Gasteiger partial charge in [0.15, 0.2) is 0 Å². The predicted molar refractivity (Wildman–Crippen MR) is 332 cm³/mol. The molecule has 0 saturated carbocycles. The highest BCUT2D eigenvalue weighted by Crippen LogP contribution is 2.43. The minimum absolute atomic E-state index is 0.0359. The number of ether oxygens (including phenoxy) is 1. The molecule has 0 aliphatic heterocycles. The van der Waals surface area contributed by atoms with E-state index in [-0.39, 0.29) is 31.5 Å². The fraction of sp³-hybridized carbons (Fsp3) is 0.791. The largest absolute Gasteiger partial charge is 0.472 e. The first kappa shape index (κ1) is 74.5. The van der Waals surface area contributed by atoms with E-state index in [2.05, 4.69) is 86.8 Å². The lowest BCUT2D eigenvalue weighted by atomic mass is 10.0. The van der Waals surface area contributed by atoms with E-state index in [4.69, 9.17) is 13.8 Å². The summed E-state index contributed by atoms with van der Waals surface area (Å²) < 4.78 is 30.7. The van der Waals surface area contributed by atoms with E-state index in [0.717, 1.165) is 103 Å². The number of carbonyl (C=O) groups excluding carboxylic acids is 2. The van der Waals surface area contributed by atoms with Gasteiger partial charge in [0.25, 0.3) is 0 Å². The number of amides is 1. The zero-order chi connectivity index (χ0) is 56.4. The summed E-state index contributed by atoms with van der Waals surface area (Å²) in [5, 5.41) is 3.06. The first-order valence-electron chi connectivity index (χ1n) is 32.3. The first-order chi connectivity index (χ1) is 37.4. The first-order valence-corrected chi connectivity index (χ1v) is 33.8. The van der Waals surface area contributed by atoms with Gasteiger partial charge < -0.3 is 19.4 Å². The van der Waals surface area contributed by atoms with Crippen molar-refractivity contribution in [3.63, 3.8) is 0 Å². The van der Waals surface area contributed by atoms with Crippen molar-refractivity contribution in [2.75, 3.05) is 40.9 Å². The molecule has 9 nitrogen and oxygen atoms in total. The summed E-state index contributed by atoms with van der Waals surface area (Å²) in [7, 11) is 1.49. The minimum Gasteiger partial charge on any atom is -0.456 e. The Kier molecular flexibility index (Phi) is 54.8. The van der Waals surface area contributed by atoms with Gasteiger partial charge in [-0.1, -0.05) is 274 Å². The van der Waals surface area contributed by atoms with Crippen molar-refractivity contribution in [3.8, 4) is 0 Å². The molecule has 0 aliphatic carbocycles. The number of nitrogens with one attached hydrogen (secondary N) is 1. The molecule has 0 spiro atoms. The topological polar surface area (TPSA) is 111 Å². The fourth-order valence-electron chi connectivity index (χ4n) is 9.20. The molecule has 0 aromatic heterocycles. The molecule has 0 aliphatic rings. The Bertz CT molecular complexity index is 1550. The van der Waals surface area contributed by atoms with Gasteiger partial charge >= 0.3 is 13.8 Å². The number of rotatable bonds is 58. The number of phosphoric ester groups is 1. The Morgan fingerprint density at radius 2 is 0.831 bits per heavy atom. The van der Waals surface area contributed by atoms with Crippen LogP contribution in [0.3, 0.4) is 0 Å². The molecule has 77 heavy (non-hydrogen) atoms. The predicted octanol–water partition coefficient (Wildman–Crippen LogP) is 20.0. The number of allylic oxidation sites excluding steroid dienone is 11. The molecule has 0 rings (SSSR count). The van der Waals surface area contributed by atoms with Crippen LogP contribution < -0.4 is 5.32 Å². The molecule has 0 fully saturated rings. The number of quaternary nitrogens is 1. The summed E-state index contributed by atoms with van der Waals surface area (Å²) in [5.41, 5.74) is 0. The SMILES string of the molecule is CC/C=C\C/C=C\C/C=C\C/C=C\C/C=C\CCCCCCCC(=O)OC(/C=C/CCCCCCCCCCC)C(COP(=O)(O)OCC[N+](C)(C)C)NC(=O)CCCCCCCCCCCCCCCCCCCCC. The Morgan fingerprint density at radius 3 is 1.25 bits per heavy atom. The standard InChI is InChI=1S/C67H123N2O7P/c1-7-10-13-16-19-22-25-27-29-31-33-34-36-38-40-42-45-48-51-54-57-60-67(71)76-65(58-55-52-49-46-43-24-21-18-15-12-9-3)64(63-75-77(72,73)74-62-61-69(4,5)6)68-66(70)59-56-53-50-47-44-41-39-37-35-32-30-28-26-23-20-17-14-11-8-2/h10,13,19,22,27,29,33-34,38,40,55,58,64-65H,7-9,11-12,14-18,20-21,23-26,28,30-32,35-37,39,41-54,56-57,59-63H2,1-6H3,(H-,68,70,72,73)/p+1/b13-10-,22-19-,29-27-,34-33-,40-38-,58-55+. The van der Waals surface area contributed by atoms with Crippen LogP contribution in [-0.4, -0.2) is 74.3 Å². The highest BCUT2D eigenvalue weighted by atomic mass is 31.2. The second-order valence-electron chi connectivity index (χ2n) is 22.9. The Hall–Kier alpha value is -2.55. The van der Waals surface area contributed by atoms with E-state index in [1.54, 1.807) is 0 Å². The van der Waals surface area contributed by atoms with E-state index >= 15 is 0 Å². The number of hydrogen-bond acceptors (Lipinski definition) is 6. The maximum atomic E-state index is 13.6. The monoisotopic (exact) mass is 1100 g/mol. The smallest absolute Gasteiger partial charge is 0.456 e. The van der Waals surface area contributed by atoms with Crippen LogP contribution >= 0.6 is 7.82 Å². The Balaban J connectivity index is 5.20. The van der Waals surface area contributed by atoms with Gasteiger partial charge in [0.2, 0.25) is 5.91 Å². The van der Waals surface area contributed by atoms with Gasteiger partial charge in [0, 0.05) is 12.8 Å². The van der Waals surface area contributed by atoms with Crippen molar-refractivity contribution in [2.24, 2.45) is 0 Å². The van der Waals surface area contributed by atoms with Gasteiger partial charge in [-0.3, -0.25) is 18.6 Å². The number of carbonyl (C=O) groups is 2. The van der Waals surface area contributed by atoms with E-state index in [9.17, 15) is 19.0 Å². The maximum Gasteiger partial charge on any atom is 0.472 e. The average molecular weight is 1100 g/mol. The number of phosphoric acid groups is 1. The van der Waals surface area contributed by atoms with E-state index in [0.29, 0.717) is 23.9 Å². The summed E-state index contributed by atoms with van der Waals surface area (Å²) in [6.07, 6.45) is 73.3. The van der Waals surface area contributed by atoms with Crippen LogP contribution in [-0.2, 0) is 27.9 Å². The third kappa shape index (κ3) is 57.9. The van der Waals surface area contributed by atoms with Crippen molar-refractivity contribution < 1.29 is 37.3 Å². The molecule has 3 atom stereocenters. The van der Waals surface area contributed by atoms with Crippen molar-refractivity contribution >= 4 is 19.7 Å². The van der Waals surface area contributed by atoms with Gasteiger partial charge in [-0.05, 0) is 76.7 Å². The second-order valence-corrected chi connectivity index (χ2v) is 24.4. The quantitative estimate of drug-likeness (QED) is 0.0205. The highest BCUT2D eigenvalue weighted by molar-refractivity contribution is 7.47. The third-order valence-electron chi connectivity index (χ3n) is 14.2. The molecule has 2 N–H and O–H groups in total. The van der Waals surface area contributed by atoms with Crippen LogP contribution in [0.15, 0.2) is 72.9 Å². The third-order valence-corrected chi connectivity index (χ3v) is 15.1. The number of hydrogen-bond donors (Lipinski definition) is 2. The maximum absolute atomic E-state index is 13.6. The number of unbranched alkanes of at least 4 members (excludes halogenated alkanes) is 32. The molecule has 0 bridgehead atoms. The summed E-state index contributed by atoms with van der Waals surface area (Å²) in [5.74, 6) is -0.520. The number of esters is 1. The van der Waals surface area contributed by atoms with Crippen molar-refractivity contribution in [2.45, 2.75) is 303 Å². The summed E-state index contributed by atoms with van der Waals surface area (Å²) in [6.45, 7) is 6.90. The molecular weight excluding hydrogens is 976 g/mol. The molecule has 0 heterocycles. The van der Waals surface area contributed by atoms with Crippen LogP contribution in [0.5, 0.6) is 0 Å². The van der Waals surface area contributed by atoms with Gasteiger partial charge in [0.1, 0.15) is 19.3 Å². The molecular formula is C67H124N2O7P+. The van der Waals surface area contributed by atoms with Gasteiger partial charge in [-0.25, -0.2) is 4.57 Å². The highest BCUT2D eigenvalue weighted by Gasteiger charge is 2.30. The van der Waals surface area contributed by atoms with Crippen LogP contribution in [0.4, 0.5) is 0 Å². The minimum atomic E-state index is -4.45. The van der Waals surface area contributed by atoms with Gasteiger partial charge in [0.05, 0.1) is 33.8 Å². The lowest BCUT2D eigenvalue weighted by molar-refractivity contribution is -0.870.